The van der Waals surface area contributed by atoms with E-state index >= 15 is 3.89 Å². The third-order valence-electron chi connectivity index (χ3n) is 3.62. The number of nitrogens with one attached hydrogen (secondary N) is 1. The minimum absolute atomic E-state index is 0.00257. The van der Waals surface area contributed by atoms with Crippen LogP contribution in [0.1, 0.15) is 17.3 Å². The summed E-state index contributed by atoms with van der Waals surface area (Å²) in [5, 5.41) is 3.71. The second-order valence-corrected chi connectivity index (χ2v) is 7.82. The number of nitrogens with zero attached hydrogens (tertiary/aromatic N) is 1. The minimum atomic E-state index is -3.19. The Balaban J connectivity index is 1.79. The molecule has 0 aliphatic carbocycles. The molecule has 0 saturated carbocycles. The van der Waals surface area contributed by atoms with E-state index in [9.17, 15) is 13.6 Å². The molecule has 0 saturated heterocycles. The summed E-state index contributed by atoms with van der Waals surface area (Å²) in [4.78, 5) is 15.9. The molecule has 1 unspecified atom stereocenters. The lowest BCUT2D eigenvalue weighted by atomic mass is 10.2. The van der Waals surface area contributed by atoms with Gasteiger partial charge in [-0.15, -0.1) is 0 Å². The Morgan fingerprint density at radius 1 is 1.12 bits per heavy atom. The predicted octanol–water partition coefficient (Wildman–Crippen LogP) is 4.68. The Labute approximate surface area is 150 Å². The van der Waals surface area contributed by atoms with Gasteiger partial charge in [-0.05, 0) is 53.6 Å². The van der Waals surface area contributed by atoms with Crippen LogP contribution in [0.25, 0.3) is 0 Å². The molecule has 0 spiro atoms. The van der Waals surface area contributed by atoms with Crippen LogP contribution in [0.4, 0.5) is 12.7 Å². The Bertz CT molecular complexity index is 993. The molecule has 1 aliphatic rings. The first-order valence-corrected chi connectivity index (χ1v) is 9.11. The van der Waals surface area contributed by atoms with Gasteiger partial charge >= 0.3 is 0 Å². The van der Waals surface area contributed by atoms with Crippen LogP contribution in [0.2, 0.25) is 0 Å². The topological polar surface area (TPSA) is 41.5 Å². The van der Waals surface area contributed by atoms with Gasteiger partial charge in [0.2, 0.25) is 0 Å². The number of allylic oxidation sites excluding steroid dienone is 1. The Hall–Kier alpha value is -2.98. The fraction of sp³-hybridized carbons (Fsp3) is 0.0526. The third-order valence-corrected chi connectivity index (χ3v) is 6.06. The van der Waals surface area contributed by atoms with E-state index in [1.54, 1.807) is 30.3 Å². The summed E-state index contributed by atoms with van der Waals surface area (Å²) in [6.45, 7) is 1.46. The second kappa shape index (κ2) is 7.10. The summed E-state index contributed by atoms with van der Waals surface area (Å²) < 4.78 is 41.8. The van der Waals surface area contributed by atoms with Gasteiger partial charge in [0.15, 0.2) is 11.6 Å². The van der Waals surface area contributed by atoms with E-state index in [2.05, 4.69) is 22.3 Å². The fourth-order valence-electron chi connectivity index (χ4n) is 2.27. The first kappa shape index (κ1) is 17.8. The third kappa shape index (κ3) is 3.51. The number of hydrogen-bond donors (Lipinski definition) is 1. The molecule has 0 bridgehead atoms. The standard InChI is InChI=1S/C19H13F3N2OS/c1-13-24-15(9-10-23-19(25)14-5-3-2-4-6-14)12-26(13,22)16-7-8-17(20)18(21)11-16/h2-8,11-12H,1H3,(H,23,25). The predicted molar refractivity (Wildman–Crippen MR) is 96.2 cm³/mol. The van der Waals surface area contributed by atoms with Crippen LogP contribution in [0.15, 0.2) is 69.5 Å². The SMILES string of the molecule is CC1=NC(C#CNC(=O)c2ccccc2)=CS1(F)c1ccc(F)c(F)c1. The number of halogens is 3. The summed E-state index contributed by atoms with van der Waals surface area (Å²) in [5.41, 5.74) is 0.562. The van der Waals surface area contributed by atoms with Crippen molar-refractivity contribution in [2.75, 3.05) is 0 Å². The first-order valence-electron chi connectivity index (χ1n) is 7.51. The van der Waals surface area contributed by atoms with Crippen LogP contribution >= 0.6 is 10.4 Å². The molecule has 1 heterocycles. The van der Waals surface area contributed by atoms with Gasteiger partial charge in [0.1, 0.15) is 5.70 Å². The molecule has 1 aliphatic heterocycles. The van der Waals surface area contributed by atoms with Gasteiger partial charge in [0, 0.05) is 21.9 Å². The number of rotatable bonds is 2. The van der Waals surface area contributed by atoms with Gasteiger partial charge in [0.25, 0.3) is 5.91 Å². The van der Waals surface area contributed by atoms with Crippen molar-refractivity contribution in [2.45, 2.75) is 11.8 Å². The maximum Gasteiger partial charge on any atom is 0.262 e. The van der Waals surface area contributed by atoms with Crippen LogP contribution in [-0.2, 0) is 0 Å². The van der Waals surface area contributed by atoms with E-state index in [4.69, 9.17) is 0 Å². The van der Waals surface area contributed by atoms with Gasteiger partial charge in [-0.25, -0.2) is 13.8 Å². The summed E-state index contributed by atoms with van der Waals surface area (Å²) in [6, 6.07) is 13.8. The van der Waals surface area contributed by atoms with Gasteiger partial charge in [-0.1, -0.05) is 18.2 Å². The summed E-state index contributed by atoms with van der Waals surface area (Å²) in [6.07, 6.45) is 0. The van der Waals surface area contributed by atoms with Crippen LogP contribution in [0.3, 0.4) is 0 Å². The second-order valence-electron chi connectivity index (χ2n) is 5.36. The molecule has 26 heavy (non-hydrogen) atoms. The van der Waals surface area contributed by atoms with E-state index < -0.39 is 28.0 Å². The van der Waals surface area contributed by atoms with E-state index in [1.165, 1.54) is 18.4 Å². The molecular formula is C19H13F3N2OS. The molecule has 1 N–H and O–H groups in total. The number of benzene rings is 2. The van der Waals surface area contributed by atoms with Crippen molar-refractivity contribution in [3.8, 4) is 12.0 Å². The monoisotopic (exact) mass is 374 g/mol. The van der Waals surface area contributed by atoms with Crippen molar-refractivity contribution in [3.63, 3.8) is 0 Å². The molecule has 1 amide bonds. The smallest absolute Gasteiger partial charge is 0.262 e. The van der Waals surface area contributed by atoms with E-state index in [1.807, 2.05) is 0 Å². The average Bonchev–Trinajstić information content (AvgIpc) is 2.93. The van der Waals surface area contributed by atoms with Crippen molar-refractivity contribution in [1.29, 1.82) is 0 Å². The number of carbonyl (C=O) groups excluding carboxylic acids is 1. The summed E-state index contributed by atoms with van der Waals surface area (Å²) >= 11 is 0. The van der Waals surface area contributed by atoms with E-state index in [0.717, 1.165) is 12.1 Å². The van der Waals surface area contributed by atoms with Gasteiger partial charge in [0.05, 0.1) is 5.04 Å². The summed E-state index contributed by atoms with van der Waals surface area (Å²) in [7, 11) is -3.19. The van der Waals surface area contributed by atoms with Gasteiger partial charge in [-0.3, -0.25) is 10.1 Å². The van der Waals surface area contributed by atoms with Gasteiger partial charge in [-0.2, -0.15) is 3.89 Å². The van der Waals surface area contributed by atoms with E-state index in [0.29, 0.717) is 5.56 Å². The van der Waals surface area contributed by atoms with Crippen molar-refractivity contribution < 1.29 is 17.5 Å². The summed E-state index contributed by atoms with van der Waals surface area (Å²) in [5.74, 6) is 0.00969. The average molecular weight is 374 g/mol. The molecule has 132 valence electrons. The molecule has 3 nitrogen and oxygen atoms in total. The molecule has 3 rings (SSSR count). The normalized spacial score (nSPS) is 20.9. The Morgan fingerprint density at radius 2 is 1.85 bits per heavy atom. The molecule has 0 fully saturated rings. The lowest BCUT2D eigenvalue weighted by Crippen LogP contribution is -2.17. The van der Waals surface area contributed by atoms with Crippen LogP contribution in [0.5, 0.6) is 0 Å². The molecule has 2 aromatic rings. The zero-order valence-corrected chi connectivity index (χ0v) is 14.4. The lowest BCUT2D eigenvalue weighted by Gasteiger charge is -2.23. The van der Waals surface area contributed by atoms with Crippen molar-refractivity contribution in [2.24, 2.45) is 4.99 Å². The highest BCUT2D eigenvalue weighted by molar-refractivity contribution is 8.44. The van der Waals surface area contributed by atoms with Crippen LogP contribution < -0.4 is 5.32 Å². The van der Waals surface area contributed by atoms with Crippen molar-refractivity contribution in [3.05, 3.63) is 76.8 Å². The fourth-order valence-corrected chi connectivity index (χ4v) is 4.11. The van der Waals surface area contributed by atoms with Crippen molar-refractivity contribution >= 4 is 21.4 Å². The van der Waals surface area contributed by atoms with Crippen molar-refractivity contribution in [1.82, 2.24) is 5.32 Å². The number of aliphatic imine (C=N–C) groups is 1. The minimum Gasteiger partial charge on any atom is -0.281 e. The highest BCUT2D eigenvalue weighted by Crippen LogP contribution is 2.63. The lowest BCUT2D eigenvalue weighted by molar-refractivity contribution is 0.0973. The largest absolute Gasteiger partial charge is 0.281 e. The maximum atomic E-state index is 15.3. The number of amides is 1. The molecule has 0 aromatic heterocycles. The van der Waals surface area contributed by atoms with E-state index in [-0.39, 0.29) is 15.6 Å². The molecule has 1 atom stereocenters. The number of hydrogen-bond acceptors (Lipinski definition) is 2. The Kier molecular flexibility index (Phi) is 4.87. The quantitative estimate of drug-likeness (QED) is 0.602. The van der Waals surface area contributed by atoms with Crippen LogP contribution in [-0.4, -0.2) is 11.0 Å². The molecule has 2 aromatic carbocycles. The zero-order valence-electron chi connectivity index (χ0n) is 13.6. The maximum absolute atomic E-state index is 15.3. The van der Waals surface area contributed by atoms with Gasteiger partial charge < -0.3 is 0 Å². The molecule has 7 heteroatoms. The zero-order chi connectivity index (χ0) is 18.7. The Morgan fingerprint density at radius 3 is 2.54 bits per heavy atom. The highest BCUT2D eigenvalue weighted by Gasteiger charge is 2.33. The first-order chi connectivity index (χ1) is 12.4. The molecule has 0 radical (unpaired) electrons. The number of carbonyl (C=O) groups is 1. The molecular weight excluding hydrogens is 361 g/mol. The van der Waals surface area contributed by atoms with Crippen LogP contribution in [0, 0.1) is 23.6 Å². The highest BCUT2D eigenvalue weighted by atomic mass is 32.3.